The molecule has 12 nitrogen and oxygen atoms in total. The van der Waals surface area contributed by atoms with Gasteiger partial charge in [0, 0.05) is 46.6 Å². The fraction of sp³-hybridized carbons (Fsp3) is 0.590. The van der Waals surface area contributed by atoms with Crippen molar-refractivity contribution in [1.29, 1.82) is 0 Å². The maximum absolute atomic E-state index is 9.38. The van der Waals surface area contributed by atoms with Gasteiger partial charge in [-0.15, -0.1) is 0 Å². The van der Waals surface area contributed by atoms with Crippen LogP contribution in [0.3, 0.4) is 0 Å². The van der Waals surface area contributed by atoms with E-state index < -0.39 is 0 Å². The summed E-state index contributed by atoms with van der Waals surface area (Å²) in [6, 6.07) is 15.8. The Morgan fingerprint density at radius 3 is 1.62 bits per heavy atom. The number of fused-ring (bicyclic) bond motifs is 2. The molecule has 0 unspecified atom stereocenters. The van der Waals surface area contributed by atoms with Gasteiger partial charge in [-0.2, -0.15) is 0 Å². The van der Waals surface area contributed by atoms with E-state index in [1.165, 1.54) is 0 Å². The summed E-state index contributed by atoms with van der Waals surface area (Å²) in [7, 11) is 13.0. The number of rotatable bonds is 12. The van der Waals surface area contributed by atoms with Gasteiger partial charge < -0.3 is 48.1 Å². The molecule has 53 heavy (non-hydrogen) atoms. The third-order valence-electron chi connectivity index (χ3n) is 9.72. The van der Waals surface area contributed by atoms with E-state index in [0.29, 0.717) is 19.6 Å². The third-order valence-corrected chi connectivity index (χ3v) is 12.3. The molecule has 14 heteroatoms. The summed E-state index contributed by atoms with van der Waals surface area (Å²) < 4.78 is 40.7. The molecule has 0 aliphatic carbocycles. The van der Waals surface area contributed by atoms with Crippen molar-refractivity contribution in [1.82, 2.24) is 9.80 Å². The van der Waals surface area contributed by atoms with Crippen LogP contribution in [-0.2, 0) is 36.9 Å². The number of ether oxygens (including phenoxy) is 7. The number of nitrogens with zero attached hydrogens (tertiary/aromatic N) is 4. The van der Waals surface area contributed by atoms with Gasteiger partial charge in [-0.1, -0.05) is 61.6 Å². The summed E-state index contributed by atoms with van der Waals surface area (Å²) in [6.45, 7) is 5.44. The van der Waals surface area contributed by atoms with Crippen LogP contribution in [0.4, 0.5) is 0 Å². The summed E-state index contributed by atoms with van der Waals surface area (Å²) in [4.78, 5) is 13.8. The molecule has 0 aromatic heterocycles. The normalized spacial score (nSPS) is 30.4. The molecule has 292 valence electrons. The zero-order valence-electron chi connectivity index (χ0n) is 32.3. The van der Waals surface area contributed by atoms with Crippen molar-refractivity contribution >= 4 is 33.9 Å². The Hall–Kier alpha value is -2.98. The second-order valence-electron chi connectivity index (χ2n) is 13.9. The zero-order valence-corrected chi connectivity index (χ0v) is 33.9. The summed E-state index contributed by atoms with van der Waals surface area (Å²) in [5.74, 6) is 1.99. The van der Waals surface area contributed by atoms with Gasteiger partial charge in [0.25, 0.3) is 0 Å². The summed E-state index contributed by atoms with van der Waals surface area (Å²) in [5, 5.41) is 11.3. The van der Waals surface area contributed by atoms with Crippen molar-refractivity contribution in [3.05, 3.63) is 72.0 Å². The standard InChI is InChI=1S/C20H28N2O4S.C19H28N2O4S/c1-13-16(10-11-23-4)26-19-17(21-20(27-19)22(2)3)18(13)25-12-14-6-8-15(24-5)9-7-14;1-12-15(9-10-22)25-18-16(20-19(26-18)21(2)3)17(12)24-11-13-5-7-14(23-4)8-6-13/h6-11,13,16-19H,12H2,1-5H3;5-8,12,15-18,22H,9-11H2,1-4H3/b11-10+;/t13-,16-,17-,18+,19-;12-,15-,16-,17+,18-/m11/s1. The molecule has 0 saturated carbocycles. The minimum atomic E-state index is -0.0729. The molecule has 10 atom stereocenters. The van der Waals surface area contributed by atoms with Crippen LogP contribution >= 0.6 is 23.5 Å². The summed E-state index contributed by atoms with van der Waals surface area (Å²) in [5.41, 5.74) is 2.10. The molecule has 0 amide bonds. The van der Waals surface area contributed by atoms with Crippen molar-refractivity contribution in [2.24, 2.45) is 21.8 Å². The first kappa shape index (κ1) is 41.2. The van der Waals surface area contributed by atoms with Gasteiger partial charge in [0.2, 0.25) is 0 Å². The van der Waals surface area contributed by atoms with Gasteiger partial charge >= 0.3 is 0 Å². The molecule has 2 aromatic carbocycles. The lowest BCUT2D eigenvalue weighted by Gasteiger charge is -2.41. The number of hydrogen-bond acceptors (Lipinski definition) is 14. The highest BCUT2D eigenvalue weighted by Gasteiger charge is 2.49. The maximum atomic E-state index is 9.38. The molecule has 4 heterocycles. The SMILES string of the molecule is CO/C=C/[C@H]1O[C@@H]2SC(N(C)C)=N[C@@H]2[C@@H](OCc2ccc(OC)cc2)[C@@H]1C.COc1ccc(CO[C@H]2[C@H](C)[C@@H](CCO)O[C@@H]3SC(N(C)C)=N[C@H]23)cc1. The second-order valence-corrected chi connectivity index (χ2v) is 16.0. The number of amidine groups is 2. The molecule has 4 aliphatic rings. The Kier molecular flexibility index (Phi) is 15.2. The number of hydrogen-bond donors (Lipinski definition) is 1. The molecular weight excluding hydrogens is 717 g/mol. The van der Waals surface area contributed by atoms with Crippen molar-refractivity contribution in [2.45, 2.75) is 80.9 Å². The zero-order chi connectivity index (χ0) is 38.1. The molecule has 0 bridgehead atoms. The van der Waals surface area contributed by atoms with Crippen LogP contribution < -0.4 is 9.47 Å². The predicted octanol–water partition coefficient (Wildman–Crippen LogP) is 5.49. The van der Waals surface area contributed by atoms with Crippen LogP contribution in [0.1, 0.15) is 31.4 Å². The van der Waals surface area contributed by atoms with Gasteiger partial charge in [-0.3, -0.25) is 9.98 Å². The molecule has 1 N–H and O–H groups in total. The lowest BCUT2D eigenvalue weighted by atomic mass is 9.88. The molecule has 6 rings (SSSR count). The first-order valence-electron chi connectivity index (χ1n) is 18.0. The first-order chi connectivity index (χ1) is 25.6. The second kappa shape index (κ2) is 19.6. The lowest BCUT2D eigenvalue weighted by Crippen LogP contribution is -2.51. The molecule has 2 aromatic rings. The van der Waals surface area contributed by atoms with Gasteiger partial charge in [-0.25, -0.2) is 0 Å². The molecule has 0 radical (unpaired) electrons. The van der Waals surface area contributed by atoms with Crippen molar-refractivity contribution < 1.29 is 38.3 Å². The van der Waals surface area contributed by atoms with Crippen molar-refractivity contribution in [3.8, 4) is 11.5 Å². The van der Waals surface area contributed by atoms with E-state index in [1.54, 1.807) is 51.1 Å². The van der Waals surface area contributed by atoms with Crippen LogP contribution in [0, 0.1) is 11.8 Å². The lowest BCUT2D eigenvalue weighted by molar-refractivity contribution is -0.140. The minimum Gasteiger partial charge on any atom is -0.505 e. The van der Waals surface area contributed by atoms with Crippen LogP contribution in [0.25, 0.3) is 0 Å². The number of methoxy groups -OCH3 is 3. The predicted molar refractivity (Wildman–Crippen MR) is 212 cm³/mol. The molecule has 2 saturated heterocycles. The Balaban J connectivity index is 0.000000204. The van der Waals surface area contributed by atoms with Crippen molar-refractivity contribution in [3.63, 3.8) is 0 Å². The average Bonchev–Trinajstić information content (AvgIpc) is 3.80. The van der Waals surface area contributed by atoms with Crippen molar-refractivity contribution in [2.75, 3.05) is 56.1 Å². The van der Waals surface area contributed by atoms with E-state index >= 15 is 0 Å². The number of aliphatic imine (C=N–C) groups is 2. The topological polar surface area (TPSA) is 116 Å². The van der Waals surface area contributed by atoms with Crippen LogP contribution in [0.2, 0.25) is 0 Å². The Labute approximate surface area is 323 Å². The molecule has 2 fully saturated rings. The number of benzene rings is 2. The maximum Gasteiger partial charge on any atom is 0.161 e. The smallest absolute Gasteiger partial charge is 0.161 e. The van der Waals surface area contributed by atoms with E-state index in [0.717, 1.165) is 33.0 Å². The summed E-state index contributed by atoms with van der Waals surface area (Å²) in [6.07, 6.45) is 4.07. The van der Waals surface area contributed by atoms with Gasteiger partial charge in [-0.05, 0) is 47.9 Å². The van der Waals surface area contributed by atoms with Crippen LogP contribution in [0.15, 0.2) is 70.9 Å². The van der Waals surface area contributed by atoms with E-state index in [9.17, 15) is 5.11 Å². The monoisotopic (exact) mass is 772 g/mol. The average molecular weight is 773 g/mol. The van der Waals surface area contributed by atoms with Gasteiger partial charge in [0.05, 0.1) is 65.2 Å². The Morgan fingerprint density at radius 2 is 1.19 bits per heavy atom. The highest BCUT2D eigenvalue weighted by atomic mass is 32.2. The Bertz CT molecular complexity index is 1530. The van der Waals surface area contributed by atoms with E-state index in [2.05, 4.69) is 13.8 Å². The van der Waals surface area contributed by atoms with Gasteiger partial charge in [0.15, 0.2) is 10.3 Å². The largest absolute Gasteiger partial charge is 0.505 e. The highest BCUT2D eigenvalue weighted by Crippen LogP contribution is 2.42. The fourth-order valence-corrected chi connectivity index (χ4v) is 8.95. The fourth-order valence-electron chi connectivity index (χ4n) is 6.66. The quantitative estimate of drug-likeness (QED) is 0.275. The van der Waals surface area contributed by atoms with E-state index in [1.807, 2.05) is 92.6 Å². The van der Waals surface area contributed by atoms with E-state index in [4.69, 9.17) is 43.1 Å². The Morgan fingerprint density at radius 1 is 0.717 bits per heavy atom. The summed E-state index contributed by atoms with van der Waals surface area (Å²) >= 11 is 3.29. The number of thioether (sulfide) groups is 2. The first-order valence-corrected chi connectivity index (χ1v) is 19.8. The third kappa shape index (κ3) is 10.4. The van der Waals surface area contributed by atoms with Crippen LogP contribution in [-0.4, -0.2) is 129 Å². The van der Waals surface area contributed by atoms with E-state index in [-0.39, 0.29) is 65.8 Å². The number of aliphatic hydroxyl groups excluding tert-OH is 1. The van der Waals surface area contributed by atoms with Crippen LogP contribution in [0.5, 0.6) is 11.5 Å². The molecular formula is C39H56N4O8S2. The minimum absolute atomic E-state index is 0.0205. The van der Waals surface area contributed by atoms with Gasteiger partial charge in [0.1, 0.15) is 34.5 Å². The molecule has 4 aliphatic heterocycles. The molecule has 0 spiro atoms. The number of aliphatic hydroxyl groups is 1. The highest BCUT2D eigenvalue weighted by molar-refractivity contribution is 8.14.